The third-order valence-corrected chi connectivity index (χ3v) is 3.57. The Labute approximate surface area is 97.4 Å². The second-order valence-electron chi connectivity index (χ2n) is 4.47. The van der Waals surface area contributed by atoms with Gasteiger partial charge in [0.25, 0.3) is 0 Å². The first-order chi connectivity index (χ1) is 6.97. The van der Waals surface area contributed by atoms with Crippen LogP contribution in [-0.4, -0.2) is 11.7 Å². The summed E-state index contributed by atoms with van der Waals surface area (Å²) in [7, 11) is 0. The minimum absolute atomic E-state index is 0.00734. The van der Waals surface area contributed by atoms with E-state index in [9.17, 15) is 5.11 Å². The van der Waals surface area contributed by atoms with Crippen LogP contribution in [0.25, 0.3) is 0 Å². The van der Waals surface area contributed by atoms with Crippen molar-refractivity contribution in [2.45, 2.75) is 25.9 Å². The van der Waals surface area contributed by atoms with Crippen molar-refractivity contribution in [3.63, 3.8) is 0 Å². The summed E-state index contributed by atoms with van der Waals surface area (Å²) in [5.74, 6) is 0.782. The van der Waals surface area contributed by atoms with Gasteiger partial charge < -0.3 is 15.6 Å². The molecule has 0 amide bonds. The maximum absolute atomic E-state index is 9.32. The summed E-state index contributed by atoms with van der Waals surface area (Å²) < 4.78 is 6.42. The van der Waals surface area contributed by atoms with Crippen LogP contribution in [-0.2, 0) is 12.0 Å². The summed E-state index contributed by atoms with van der Waals surface area (Å²) in [4.78, 5) is 0. The van der Waals surface area contributed by atoms with Crippen LogP contribution in [0.15, 0.2) is 10.5 Å². The van der Waals surface area contributed by atoms with Gasteiger partial charge in [0, 0.05) is 16.7 Å². The fraction of sp³-hybridized carbons (Fsp3) is 0.455. The molecule has 0 atom stereocenters. The zero-order valence-corrected chi connectivity index (χ0v) is 10.4. The summed E-state index contributed by atoms with van der Waals surface area (Å²) in [5.41, 5.74) is 8.28. The first kappa shape index (κ1) is 10.8. The Morgan fingerprint density at radius 1 is 1.60 bits per heavy atom. The number of nitrogens with two attached hydrogens (primary N) is 1. The summed E-state index contributed by atoms with van der Waals surface area (Å²) in [6, 6.07) is 1.80. The highest BCUT2D eigenvalue weighted by Gasteiger charge is 2.36. The average molecular weight is 272 g/mol. The third-order valence-electron chi connectivity index (χ3n) is 2.76. The van der Waals surface area contributed by atoms with E-state index in [0.717, 1.165) is 21.3 Å². The SMILES string of the molecule is CC1(C)COc2c(Br)c(N)cc(CO)c21. The molecule has 0 saturated heterocycles. The molecule has 0 unspecified atom stereocenters. The van der Waals surface area contributed by atoms with Crippen LogP contribution in [0.2, 0.25) is 0 Å². The Bertz CT molecular complexity index is 416. The molecule has 1 heterocycles. The number of fused-ring (bicyclic) bond motifs is 1. The van der Waals surface area contributed by atoms with Gasteiger partial charge in [-0.15, -0.1) is 0 Å². The molecule has 1 aliphatic heterocycles. The van der Waals surface area contributed by atoms with Gasteiger partial charge in [0.2, 0.25) is 0 Å². The number of ether oxygens (including phenoxy) is 1. The van der Waals surface area contributed by atoms with E-state index in [-0.39, 0.29) is 12.0 Å². The van der Waals surface area contributed by atoms with Gasteiger partial charge in [-0.2, -0.15) is 0 Å². The topological polar surface area (TPSA) is 55.5 Å². The van der Waals surface area contributed by atoms with Gasteiger partial charge in [-0.1, -0.05) is 13.8 Å². The number of nitrogen functional groups attached to an aromatic ring is 1. The molecule has 0 fully saturated rings. The molecule has 0 aliphatic carbocycles. The Hall–Kier alpha value is -0.740. The van der Waals surface area contributed by atoms with E-state index >= 15 is 0 Å². The molecular formula is C11H14BrNO2. The number of hydrogen-bond donors (Lipinski definition) is 2. The lowest BCUT2D eigenvalue weighted by atomic mass is 9.84. The first-order valence-electron chi connectivity index (χ1n) is 4.82. The van der Waals surface area contributed by atoms with E-state index in [2.05, 4.69) is 29.8 Å². The number of anilines is 1. The summed E-state index contributed by atoms with van der Waals surface area (Å²) in [5, 5.41) is 9.32. The Kier molecular flexibility index (Phi) is 2.43. The van der Waals surface area contributed by atoms with Gasteiger partial charge in [-0.25, -0.2) is 0 Å². The lowest BCUT2D eigenvalue weighted by Gasteiger charge is -2.19. The van der Waals surface area contributed by atoms with E-state index in [1.54, 1.807) is 6.07 Å². The van der Waals surface area contributed by atoms with Crippen molar-refractivity contribution in [3.05, 3.63) is 21.7 Å². The molecule has 0 radical (unpaired) electrons. The van der Waals surface area contributed by atoms with Crippen molar-refractivity contribution >= 4 is 21.6 Å². The zero-order chi connectivity index (χ0) is 11.2. The van der Waals surface area contributed by atoms with E-state index in [1.807, 2.05) is 0 Å². The Morgan fingerprint density at radius 2 is 2.27 bits per heavy atom. The van der Waals surface area contributed by atoms with Crippen LogP contribution in [0.3, 0.4) is 0 Å². The molecule has 0 saturated carbocycles. The minimum atomic E-state index is -0.0659. The zero-order valence-electron chi connectivity index (χ0n) is 8.80. The second kappa shape index (κ2) is 3.39. The van der Waals surface area contributed by atoms with Crippen LogP contribution in [0.5, 0.6) is 5.75 Å². The van der Waals surface area contributed by atoms with Crippen molar-refractivity contribution < 1.29 is 9.84 Å². The van der Waals surface area contributed by atoms with Crippen molar-refractivity contribution in [2.24, 2.45) is 0 Å². The quantitative estimate of drug-likeness (QED) is 0.770. The standard InChI is InChI=1S/C11H14BrNO2/c1-11(2)5-15-10-8(11)6(4-14)3-7(13)9(10)12/h3,14H,4-5,13H2,1-2H3. The molecule has 0 aromatic heterocycles. The second-order valence-corrected chi connectivity index (χ2v) is 5.27. The molecule has 82 valence electrons. The number of rotatable bonds is 1. The summed E-state index contributed by atoms with van der Waals surface area (Å²) in [6.07, 6.45) is 0. The van der Waals surface area contributed by atoms with Gasteiger partial charge >= 0.3 is 0 Å². The maximum atomic E-state index is 9.32. The molecule has 3 N–H and O–H groups in total. The summed E-state index contributed by atoms with van der Waals surface area (Å²) >= 11 is 3.41. The first-order valence-corrected chi connectivity index (χ1v) is 5.61. The van der Waals surface area contributed by atoms with Gasteiger partial charge in [0.1, 0.15) is 5.75 Å². The van der Waals surface area contributed by atoms with Crippen molar-refractivity contribution in [2.75, 3.05) is 12.3 Å². The Morgan fingerprint density at radius 3 is 2.87 bits per heavy atom. The molecular weight excluding hydrogens is 258 g/mol. The third kappa shape index (κ3) is 1.52. The molecule has 3 nitrogen and oxygen atoms in total. The number of aliphatic hydroxyl groups is 1. The predicted molar refractivity (Wildman–Crippen MR) is 63.0 cm³/mol. The van der Waals surface area contributed by atoms with Gasteiger partial charge in [-0.05, 0) is 27.6 Å². The number of benzene rings is 1. The maximum Gasteiger partial charge on any atom is 0.139 e. The van der Waals surface area contributed by atoms with Gasteiger partial charge in [-0.3, -0.25) is 0 Å². The molecule has 0 spiro atoms. The lowest BCUT2D eigenvalue weighted by molar-refractivity contribution is 0.275. The normalized spacial score (nSPS) is 17.3. The fourth-order valence-electron chi connectivity index (χ4n) is 2.04. The van der Waals surface area contributed by atoms with Gasteiger partial charge in [0.05, 0.1) is 17.7 Å². The highest BCUT2D eigenvalue weighted by Crippen LogP contribution is 2.47. The van der Waals surface area contributed by atoms with E-state index < -0.39 is 0 Å². The van der Waals surface area contributed by atoms with Crippen LogP contribution < -0.4 is 10.5 Å². The molecule has 1 aromatic carbocycles. The number of halogens is 1. The van der Waals surface area contributed by atoms with Crippen LogP contribution in [0.4, 0.5) is 5.69 Å². The van der Waals surface area contributed by atoms with Crippen LogP contribution in [0, 0.1) is 0 Å². The van der Waals surface area contributed by atoms with Crippen LogP contribution >= 0.6 is 15.9 Å². The highest BCUT2D eigenvalue weighted by molar-refractivity contribution is 9.10. The minimum Gasteiger partial charge on any atom is -0.491 e. The largest absolute Gasteiger partial charge is 0.491 e. The number of hydrogen-bond acceptors (Lipinski definition) is 3. The molecule has 4 heteroatoms. The van der Waals surface area contributed by atoms with E-state index in [0.29, 0.717) is 12.3 Å². The lowest BCUT2D eigenvalue weighted by Crippen LogP contribution is -2.20. The van der Waals surface area contributed by atoms with E-state index in [1.165, 1.54) is 0 Å². The molecule has 1 aromatic rings. The highest BCUT2D eigenvalue weighted by atomic mass is 79.9. The van der Waals surface area contributed by atoms with Crippen molar-refractivity contribution in [1.29, 1.82) is 0 Å². The number of aliphatic hydroxyl groups excluding tert-OH is 1. The Balaban J connectivity index is 2.72. The van der Waals surface area contributed by atoms with Crippen molar-refractivity contribution in [3.8, 4) is 5.75 Å². The van der Waals surface area contributed by atoms with Gasteiger partial charge in [0.15, 0.2) is 0 Å². The fourth-order valence-corrected chi connectivity index (χ4v) is 2.46. The van der Waals surface area contributed by atoms with Crippen molar-refractivity contribution in [1.82, 2.24) is 0 Å². The molecule has 2 rings (SSSR count). The molecule has 1 aliphatic rings. The predicted octanol–water partition coefficient (Wildman–Crippen LogP) is 2.19. The molecule has 0 bridgehead atoms. The molecule has 15 heavy (non-hydrogen) atoms. The monoisotopic (exact) mass is 271 g/mol. The van der Waals surface area contributed by atoms with Crippen LogP contribution in [0.1, 0.15) is 25.0 Å². The smallest absolute Gasteiger partial charge is 0.139 e. The van der Waals surface area contributed by atoms with E-state index in [4.69, 9.17) is 10.5 Å². The summed E-state index contributed by atoms with van der Waals surface area (Å²) in [6.45, 7) is 4.81. The average Bonchev–Trinajstić information content (AvgIpc) is 2.49.